The minimum Gasteiger partial charge on any atom is -0.483 e. The van der Waals surface area contributed by atoms with Gasteiger partial charge in [-0.2, -0.15) is 5.10 Å². The molecule has 1 aromatic carbocycles. The van der Waals surface area contributed by atoms with Crippen molar-refractivity contribution in [2.24, 2.45) is 21.5 Å². The van der Waals surface area contributed by atoms with Crippen molar-refractivity contribution < 1.29 is 4.74 Å². The molecule has 1 aromatic rings. The lowest BCUT2D eigenvalue weighted by Crippen LogP contribution is -2.34. The highest BCUT2D eigenvalue weighted by atomic mass is 16.5. The second-order valence-corrected chi connectivity index (χ2v) is 5.68. The van der Waals surface area contributed by atoms with Gasteiger partial charge in [-0.05, 0) is 11.0 Å². The van der Waals surface area contributed by atoms with Crippen LogP contribution in [0.3, 0.4) is 0 Å². The van der Waals surface area contributed by atoms with Gasteiger partial charge in [-0.15, -0.1) is 5.10 Å². The van der Waals surface area contributed by atoms with Gasteiger partial charge in [0.05, 0.1) is 12.8 Å². The van der Waals surface area contributed by atoms with Crippen LogP contribution in [-0.4, -0.2) is 18.7 Å². The van der Waals surface area contributed by atoms with Gasteiger partial charge in [0.1, 0.15) is 0 Å². The molecule has 1 heterocycles. The monoisotopic (exact) mass is 244 g/mol. The van der Waals surface area contributed by atoms with E-state index in [1.807, 2.05) is 18.2 Å². The molecule has 3 heteroatoms. The maximum absolute atomic E-state index is 5.36. The van der Waals surface area contributed by atoms with E-state index in [-0.39, 0.29) is 11.3 Å². The van der Waals surface area contributed by atoms with Crippen molar-refractivity contribution in [2.45, 2.75) is 27.2 Å². The summed E-state index contributed by atoms with van der Waals surface area (Å²) in [7, 11) is 1.67. The van der Waals surface area contributed by atoms with Crippen LogP contribution in [0.15, 0.2) is 40.5 Å². The number of benzene rings is 1. The van der Waals surface area contributed by atoms with E-state index in [0.29, 0.717) is 0 Å². The fourth-order valence-corrected chi connectivity index (χ4v) is 2.17. The molecular formula is C15H20N2O. The Kier molecular flexibility index (Phi) is 3.50. The molecule has 1 unspecified atom stereocenters. The standard InChI is InChI=1S/C15H20N2O/c1-15(2,3)12-10-13(16-17-14(12)18-4)11-8-6-5-7-9-11/h5-9,12H,10H2,1-4H3. The molecule has 0 saturated carbocycles. The van der Waals surface area contributed by atoms with Gasteiger partial charge in [0.2, 0.25) is 5.90 Å². The van der Waals surface area contributed by atoms with Crippen molar-refractivity contribution in [1.29, 1.82) is 0 Å². The van der Waals surface area contributed by atoms with E-state index >= 15 is 0 Å². The lowest BCUT2D eigenvalue weighted by Gasteiger charge is -2.32. The first-order valence-corrected chi connectivity index (χ1v) is 6.26. The van der Waals surface area contributed by atoms with Gasteiger partial charge in [-0.3, -0.25) is 0 Å². The summed E-state index contributed by atoms with van der Waals surface area (Å²) in [6.45, 7) is 6.63. The minimum atomic E-state index is 0.116. The summed E-state index contributed by atoms with van der Waals surface area (Å²) in [5.74, 6) is 1.01. The third kappa shape index (κ3) is 2.61. The smallest absolute Gasteiger partial charge is 0.212 e. The average molecular weight is 244 g/mol. The van der Waals surface area contributed by atoms with E-state index in [1.165, 1.54) is 0 Å². The van der Waals surface area contributed by atoms with Crippen molar-refractivity contribution in [3.05, 3.63) is 35.9 Å². The first-order valence-electron chi connectivity index (χ1n) is 6.26. The highest BCUT2D eigenvalue weighted by Crippen LogP contribution is 2.33. The van der Waals surface area contributed by atoms with Crippen molar-refractivity contribution in [3.8, 4) is 0 Å². The van der Waals surface area contributed by atoms with Crippen LogP contribution in [0.5, 0.6) is 0 Å². The lowest BCUT2D eigenvalue weighted by atomic mass is 9.76. The molecule has 0 saturated heterocycles. The molecule has 1 aliphatic heterocycles. The van der Waals surface area contributed by atoms with Gasteiger partial charge < -0.3 is 4.74 Å². The summed E-state index contributed by atoms with van der Waals surface area (Å²) in [6.07, 6.45) is 0.875. The molecule has 0 radical (unpaired) electrons. The molecule has 3 nitrogen and oxygen atoms in total. The molecule has 0 bridgehead atoms. The van der Waals surface area contributed by atoms with Crippen molar-refractivity contribution in [2.75, 3.05) is 7.11 Å². The summed E-state index contributed by atoms with van der Waals surface area (Å²) in [5, 5.41) is 8.53. The number of hydrogen-bond donors (Lipinski definition) is 0. The predicted octanol–water partition coefficient (Wildman–Crippen LogP) is 3.50. The molecule has 0 N–H and O–H groups in total. The molecule has 1 aliphatic rings. The van der Waals surface area contributed by atoms with Gasteiger partial charge in [0.15, 0.2) is 0 Å². The highest BCUT2D eigenvalue weighted by Gasteiger charge is 2.34. The van der Waals surface area contributed by atoms with Crippen LogP contribution in [0, 0.1) is 11.3 Å². The van der Waals surface area contributed by atoms with E-state index in [4.69, 9.17) is 4.74 Å². The van der Waals surface area contributed by atoms with Crippen molar-refractivity contribution in [1.82, 2.24) is 0 Å². The van der Waals surface area contributed by atoms with Gasteiger partial charge in [0.25, 0.3) is 0 Å². The van der Waals surface area contributed by atoms with Crippen LogP contribution in [-0.2, 0) is 4.74 Å². The van der Waals surface area contributed by atoms with Crippen LogP contribution >= 0.6 is 0 Å². The summed E-state index contributed by atoms with van der Waals surface area (Å²) in [6, 6.07) is 10.2. The second kappa shape index (κ2) is 4.92. The number of rotatable bonds is 1. The molecular weight excluding hydrogens is 224 g/mol. The summed E-state index contributed by atoms with van der Waals surface area (Å²) in [4.78, 5) is 0. The topological polar surface area (TPSA) is 34.0 Å². The summed E-state index contributed by atoms with van der Waals surface area (Å²) >= 11 is 0. The molecule has 0 spiro atoms. The summed E-state index contributed by atoms with van der Waals surface area (Å²) < 4.78 is 5.36. The third-order valence-electron chi connectivity index (χ3n) is 3.33. The number of methoxy groups -OCH3 is 1. The number of hydrogen-bond acceptors (Lipinski definition) is 3. The zero-order valence-corrected chi connectivity index (χ0v) is 11.5. The molecule has 0 aromatic heterocycles. The zero-order valence-electron chi connectivity index (χ0n) is 11.5. The Morgan fingerprint density at radius 1 is 1.11 bits per heavy atom. The Morgan fingerprint density at radius 2 is 1.78 bits per heavy atom. The van der Waals surface area contributed by atoms with Gasteiger partial charge in [-0.1, -0.05) is 51.1 Å². The molecule has 2 rings (SSSR count). The maximum Gasteiger partial charge on any atom is 0.212 e. The van der Waals surface area contributed by atoms with E-state index in [9.17, 15) is 0 Å². The van der Waals surface area contributed by atoms with E-state index in [1.54, 1.807) is 7.11 Å². The minimum absolute atomic E-state index is 0.116. The Labute approximate surface area is 109 Å². The van der Waals surface area contributed by atoms with Gasteiger partial charge in [-0.25, -0.2) is 0 Å². The van der Waals surface area contributed by atoms with E-state index in [0.717, 1.165) is 23.6 Å². The fraction of sp³-hybridized carbons (Fsp3) is 0.467. The lowest BCUT2D eigenvalue weighted by molar-refractivity contribution is 0.258. The molecule has 0 aliphatic carbocycles. The summed E-state index contributed by atoms with van der Waals surface area (Å²) in [5.41, 5.74) is 2.30. The van der Waals surface area contributed by atoms with Crippen LogP contribution in [0.2, 0.25) is 0 Å². The zero-order chi connectivity index (χ0) is 13.2. The average Bonchev–Trinajstić information content (AvgIpc) is 2.38. The number of ether oxygens (including phenoxy) is 1. The maximum atomic E-state index is 5.36. The Bertz CT molecular complexity index is 469. The third-order valence-corrected chi connectivity index (χ3v) is 3.33. The Hall–Kier alpha value is -1.64. The fourth-order valence-electron chi connectivity index (χ4n) is 2.17. The van der Waals surface area contributed by atoms with Crippen LogP contribution in [0.4, 0.5) is 0 Å². The second-order valence-electron chi connectivity index (χ2n) is 5.68. The number of nitrogens with zero attached hydrogens (tertiary/aromatic N) is 2. The quantitative estimate of drug-likeness (QED) is 0.744. The van der Waals surface area contributed by atoms with E-state index < -0.39 is 0 Å². The van der Waals surface area contributed by atoms with Gasteiger partial charge in [0, 0.05) is 12.3 Å². The van der Waals surface area contributed by atoms with Crippen LogP contribution < -0.4 is 0 Å². The normalized spacial score (nSPS) is 20.1. The van der Waals surface area contributed by atoms with Crippen molar-refractivity contribution in [3.63, 3.8) is 0 Å². The Morgan fingerprint density at radius 3 is 2.33 bits per heavy atom. The van der Waals surface area contributed by atoms with Gasteiger partial charge >= 0.3 is 0 Å². The van der Waals surface area contributed by atoms with Crippen molar-refractivity contribution >= 4 is 11.6 Å². The molecule has 96 valence electrons. The SMILES string of the molecule is COC1=NN=C(c2ccccc2)CC1C(C)(C)C. The predicted molar refractivity (Wildman–Crippen MR) is 75.0 cm³/mol. The van der Waals surface area contributed by atoms with Crippen LogP contribution in [0.1, 0.15) is 32.8 Å². The first kappa shape index (κ1) is 12.8. The molecule has 0 fully saturated rings. The Balaban J connectivity index is 2.32. The van der Waals surface area contributed by atoms with Crippen LogP contribution in [0.25, 0.3) is 0 Å². The largest absolute Gasteiger partial charge is 0.483 e. The molecule has 18 heavy (non-hydrogen) atoms. The molecule has 0 amide bonds. The highest BCUT2D eigenvalue weighted by molar-refractivity contribution is 6.04. The van der Waals surface area contributed by atoms with E-state index in [2.05, 4.69) is 43.1 Å². The first-order chi connectivity index (χ1) is 8.52. The molecule has 1 atom stereocenters.